The minimum Gasteiger partial charge on any atom is -0.396 e. The fraction of sp³-hybridized carbons (Fsp3) is 0.867. The number of hydrogen-bond acceptors (Lipinski definition) is 7. The van der Waals surface area contributed by atoms with Gasteiger partial charge >= 0.3 is 18.5 Å². The molecule has 0 radical (unpaired) electrons. The molecule has 2 saturated heterocycles. The van der Waals surface area contributed by atoms with Crippen molar-refractivity contribution in [2.45, 2.75) is 32.9 Å². The minimum atomic E-state index is -2.33. The Balaban J connectivity index is 2.23. The molecule has 4 atom stereocenters. The summed E-state index contributed by atoms with van der Waals surface area (Å²) in [6.07, 6.45) is 0.837. The Morgan fingerprint density at radius 1 is 1.04 bits per heavy atom. The van der Waals surface area contributed by atoms with E-state index >= 15 is 0 Å². The summed E-state index contributed by atoms with van der Waals surface area (Å²) in [5, 5.41) is 0. The average Bonchev–Trinajstić information content (AvgIpc) is 2.55. The first-order valence-electron chi connectivity index (χ1n) is 8.23. The maximum absolute atomic E-state index is 13.5. The third-order valence-corrected chi connectivity index (χ3v) is 4.47. The third-order valence-electron chi connectivity index (χ3n) is 4.47. The number of carbonyl (C=O) groups excluding carboxylic acids is 2. The normalized spacial score (nSPS) is 34.6. The number of alkyl halides is 1. The predicted octanol–water partition coefficient (Wildman–Crippen LogP) is 0.0576. The minimum absolute atomic E-state index is 0.000134. The van der Waals surface area contributed by atoms with E-state index in [0.29, 0.717) is 19.6 Å². The molecular formula is C15H26FN3O4. The summed E-state index contributed by atoms with van der Waals surface area (Å²) >= 11 is 0. The van der Waals surface area contributed by atoms with Gasteiger partial charge < -0.3 is 14.4 Å². The lowest BCUT2D eigenvalue weighted by Gasteiger charge is -2.32. The Morgan fingerprint density at radius 3 is 2.35 bits per heavy atom. The number of esters is 2. The van der Waals surface area contributed by atoms with Crippen LogP contribution in [0.3, 0.4) is 0 Å². The fourth-order valence-electron chi connectivity index (χ4n) is 3.06. The third kappa shape index (κ3) is 5.40. The number of rotatable bonds is 2. The molecule has 2 aliphatic heterocycles. The number of halogens is 1. The predicted molar refractivity (Wildman–Crippen MR) is 81.3 cm³/mol. The Morgan fingerprint density at radius 2 is 1.70 bits per heavy atom. The number of cyclic esters (lactones) is 2. The molecule has 0 saturated carbocycles. The lowest BCUT2D eigenvalue weighted by atomic mass is 10.1. The Kier molecular flexibility index (Phi) is 6.73. The van der Waals surface area contributed by atoms with Crippen LogP contribution >= 0.6 is 0 Å². The largest absolute Gasteiger partial charge is 0.401 e. The summed E-state index contributed by atoms with van der Waals surface area (Å²) in [6.45, 7) is 6.44. The van der Waals surface area contributed by atoms with E-state index in [9.17, 15) is 14.0 Å². The molecular weight excluding hydrogens is 304 g/mol. The zero-order chi connectivity index (χ0) is 16.8. The molecule has 2 rings (SSSR count). The van der Waals surface area contributed by atoms with Crippen LogP contribution in [0, 0.1) is 0 Å². The standard InChI is InChI=1S/C15H26FN3O4/c1-3-12-9-18-6-5-17(4-2)7-8-19(12)11-14(21)23-15(16)22-13(20)10-18/h12,15H,3-11H2,1-2H3/i16-1. The molecule has 0 aliphatic carbocycles. The summed E-state index contributed by atoms with van der Waals surface area (Å²) in [4.78, 5) is 30.0. The lowest BCUT2D eigenvalue weighted by molar-refractivity contribution is -0.219. The van der Waals surface area contributed by atoms with Gasteiger partial charge in [-0.1, -0.05) is 13.8 Å². The Bertz CT molecular complexity index is 424. The van der Waals surface area contributed by atoms with Crippen molar-refractivity contribution < 1.29 is 23.5 Å². The van der Waals surface area contributed by atoms with Gasteiger partial charge in [-0.2, -0.15) is 4.39 Å². The van der Waals surface area contributed by atoms with Gasteiger partial charge in [-0.05, 0) is 13.0 Å². The first-order valence-corrected chi connectivity index (χ1v) is 8.23. The van der Waals surface area contributed by atoms with E-state index < -0.39 is 18.5 Å². The number of fused-ring (bicyclic) bond motifs is 3. The van der Waals surface area contributed by atoms with Crippen molar-refractivity contribution >= 4 is 11.9 Å². The van der Waals surface area contributed by atoms with E-state index in [1.165, 1.54) is 0 Å². The van der Waals surface area contributed by atoms with Crippen LogP contribution in [0.2, 0.25) is 0 Å². The number of carbonyl (C=O) groups is 2. The highest BCUT2D eigenvalue weighted by Gasteiger charge is 2.29. The van der Waals surface area contributed by atoms with Crippen molar-refractivity contribution in [2.75, 3.05) is 52.4 Å². The molecule has 23 heavy (non-hydrogen) atoms. The molecule has 0 aromatic carbocycles. The van der Waals surface area contributed by atoms with Crippen LogP contribution in [0.15, 0.2) is 0 Å². The summed E-state index contributed by atoms with van der Waals surface area (Å²) < 4.78 is 22.5. The highest BCUT2D eigenvalue weighted by atomic mass is 18.2. The monoisotopic (exact) mass is 330 g/mol. The van der Waals surface area contributed by atoms with Crippen LogP contribution < -0.4 is 0 Å². The highest BCUT2D eigenvalue weighted by Crippen LogP contribution is 2.13. The van der Waals surface area contributed by atoms with Crippen LogP contribution in [0.25, 0.3) is 0 Å². The molecule has 7 nitrogen and oxygen atoms in total. The Hall–Kier alpha value is -1.25. The van der Waals surface area contributed by atoms with Crippen molar-refractivity contribution in [3.05, 3.63) is 0 Å². The van der Waals surface area contributed by atoms with E-state index in [0.717, 1.165) is 26.1 Å². The second kappa shape index (κ2) is 8.56. The van der Waals surface area contributed by atoms with Gasteiger partial charge in [0.25, 0.3) is 0 Å². The van der Waals surface area contributed by atoms with Crippen LogP contribution in [0.4, 0.5) is 4.39 Å². The molecule has 2 fully saturated rings. The van der Waals surface area contributed by atoms with Crippen molar-refractivity contribution in [3.63, 3.8) is 0 Å². The van der Waals surface area contributed by atoms with Gasteiger partial charge in [-0.3, -0.25) is 19.4 Å². The highest BCUT2D eigenvalue weighted by molar-refractivity contribution is 5.73. The number of nitrogens with zero attached hydrogens (tertiary/aromatic N) is 3. The van der Waals surface area contributed by atoms with Crippen LogP contribution in [-0.4, -0.2) is 91.6 Å². The molecule has 2 bridgehead atoms. The van der Waals surface area contributed by atoms with Crippen molar-refractivity contribution in [2.24, 2.45) is 0 Å². The summed E-state index contributed by atoms with van der Waals surface area (Å²) in [6, 6.07) is 0.114. The lowest BCUT2D eigenvalue weighted by Crippen LogP contribution is -2.47. The van der Waals surface area contributed by atoms with Gasteiger partial charge in [-0.15, -0.1) is 0 Å². The van der Waals surface area contributed by atoms with Gasteiger partial charge in [0.1, 0.15) is 0 Å². The summed E-state index contributed by atoms with van der Waals surface area (Å²) in [7, 11) is 0. The van der Waals surface area contributed by atoms with Crippen molar-refractivity contribution in [3.8, 4) is 0 Å². The van der Waals surface area contributed by atoms with Crippen LogP contribution in [0.1, 0.15) is 20.3 Å². The SMILES string of the molecule is CCC1CN2CCN(CC)CCN1CC(=O)OC([18F])OC(=O)C2. The van der Waals surface area contributed by atoms with Crippen LogP contribution in [0.5, 0.6) is 0 Å². The smallest absolute Gasteiger partial charge is 0.396 e. The second-order valence-electron chi connectivity index (χ2n) is 5.96. The molecule has 0 spiro atoms. The van der Waals surface area contributed by atoms with Gasteiger partial charge in [-0.25, -0.2) is 0 Å². The molecule has 0 aromatic heterocycles. The van der Waals surface area contributed by atoms with Gasteiger partial charge in [0.2, 0.25) is 0 Å². The molecule has 8 heteroatoms. The van der Waals surface area contributed by atoms with Gasteiger partial charge in [0.05, 0.1) is 13.1 Å². The van der Waals surface area contributed by atoms with E-state index in [4.69, 9.17) is 0 Å². The van der Waals surface area contributed by atoms with Crippen molar-refractivity contribution in [1.29, 1.82) is 0 Å². The number of likely N-dealkylation sites (N-methyl/N-ethyl adjacent to an activating group) is 1. The Labute approximate surface area is 136 Å². The topological polar surface area (TPSA) is 62.3 Å². The van der Waals surface area contributed by atoms with E-state index in [2.05, 4.69) is 21.3 Å². The zero-order valence-corrected chi connectivity index (χ0v) is 13.9. The van der Waals surface area contributed by atoms with E-state index in [1.807, 2.05) is 16.7 Å². The molecule has 4 unspecified atom stereocenters. The molecule has 0 N–H and O–H groups in total. The molecule has 0 amide bonds. The number of ether oxygens (including phenoxy) is 2. The summed E-state index contributed by atoms with van der Waals surface area (Å²) in [5.41, 5.74) is 0. The maximum Gasteiger partial charge on any atom is 0.401 e. The number of hydrogen-bond donors (Lipinski definition) is 0. The van der Waals surface area contributed by atoms with Gasteiger partial charge in [0, 0.05) is 38.8 Å². The van der Waals surface area contributed by atoms with Crippen molar-refractivity contribution in [1.82, 2.24) is 14.7 Å². The maximum atomic E-state index is 13.5. The molecule has 0 aromatic rings. The second-order valence-corrected chi connectivity index (χ2v) is 5.96. The first-order chi connectivity index (χ1) is 11.0. The average molecular weight is 330 g/mol. The molecule has 132 valence electrons. The van der Waals surface area contributed by atoms with E-state index in [-0.39, 0.29) is 19.1 Å². The first kappa shape index (κ1) is 18.1. The van der Waals surface area contributed by atoms with Crippen LogP contribution in [-0.2, 0) is 19.1 Å². The summed E-state index contributed by atoms with van der Waals surface area (Å²) in [5.74, 6) is -1.42. The fourth-order valence-corrected chi connectivity index (χ4v) is 3.06. The molecule has 2 aliphatic rings. The van der Waals surface area contributed by atoms with E-state index in [1.54, 1.807) is 0 Å². The molecule has 2 heterocycles. The van der Waals surface area contributed by atoms with Gasteiger partial charge in [0.15, 0.2) is 0 Å². The zero-order valence-electron chi connectivity index (χ0n) is 13.9. The quantitative estimate of drug-likeness (QED) is 0.663.